The fourth-order valence-corrected chi connectivity index (χ4v) is 8.33. The van der Waals surface area contributed by atoms with Gasteiger partial charge in [0.25, 0.3) is 0 Å². The molecule has 0 aromatic carbocycles. The third kappa shape index (κ3) is 2.35. The highest BCUT2D eigenvalue weighted by atomic mass is 16.3. The van der Waals surface area contributed by atoms with E-state index in [2.05, 4.69) is 27.7 Å². The summed E-state index contributed by atoms with van der Waals surface area (Å²) < 4.78 is 0. The summed E-state index contributed by atoms with van der Waals surface area (Å²) in [6, 6.07) is 0. The first-order chi connectivity index (χ1) is 11.7. The number of Topliss-reactive ketones (excluding diaryl/α,β-unsaturated/α-hetero) is 1. The lowest BCUT2D eigenvalue weighted by Crippen LogP contribution is -2.51. The van der Waals surface area contributed by atoms with Crippen LogP contribution in [0.15, 0.2) is 11.1 Å². The Morgan fingerprint density at radius 3 is 2.52 bits per heavy atom. The maximum Gasteiger partial charge on any atom is 0.133 e. The van der Waals surface area contributed by atoms with Gasteiger partial charge in [-0.2, -0.15) is 0 Å². The van der Waals surface area contributed by atoms with Crippen molar-refractivity contribution in [1.29, 1.82) is 0 Å². The van der Waals surface area contributed by atoms with Gasteiger partial charge >= 0.3 is 0 Å². The van der Waals surface area contributed by atoms with Gasteiger partial charge in [-0.15, -0.1) is 0 Å². The van der Waals surface area contributed by atoms with Crippen LogP contribution in [0.4, 0.5) is 0 Å². The third-order valence-electron chi connectivity index (χ3n) is 9.22. The van der Waals surface area contributed by atoms with Gasteiger partial charge in [-0.1, -0.05) is 31.9 Å². The first-order valence-electron chi connectivity index (χ1n) is 10.6. The fourth-order valence-electron chi connectivity index (χ4n) is 8.33. The summed E-state index contributed by atoms with van der Waals surface area (Å²) in [6.45, 7) is 11.4. The molecule has 2 heteroatoms. The smallest absolute Gasteiger partial charge is 0.133 e. The van der Waals surface area contributed by atoms with Crippen LogP contribution in [0.1, 0.15) is 79.6 Å². The van der Waals surface area contributed by atoms with E-state index in [1.54, 1.807) is 11.1 Å². The number of fused-ring (bicyclic) bond motifs is 5. The predicted octanol–water partition coefficient (Wildman–Crippen LogP) is 5.15. The summed E-state index contributed by atoms with van der Waals surface area (Å²) in [5.74, 6) is 3.44. The summed E-state index contributed by atoms with van der Waals surface area (Å²) in [7, 11) is 0. The number of rotatable bonds is 1. The van der Waals surface area contributed by atoms with Crippen LogP contribution < -0.4 is 0 Å². The molecule has 0 aromatic rings. The zero-order valence-corrected chi connectivity index (χ0v) is 16.8. The highest BCUT2D eigenvalue weighted by Crippen LogP contribution is 2.68. The molecule has 4 aliphatic rings. The number of allylic oxidation sites excluding steroid dienone is 1. The van der Waals surface area contributed by atoms with Gasteiger partial charge in [0.2, 0.25) is 0 Å². The first-order valence-corrected chi connectivity index (χ1v) is 10.6. The lowest BCUT2D eigenvalue weighted by molar-refractivity contribution is -0.128. The van der Waals surface area contributed by atoms with Gasteiger partial charge in [0.15, 0.2) is 0 Å². The van der Waals surface area contributed by atoms with Gasteiger partial charge in [0, 0.05) is 5.92 Å². The number of aliphatic hydroxyl groups is 1. The number of hydrogen-bond donors (Lipinski definition) is 1. The molecule has 0 radical (unpaired) electrons. The maximum atomic E-state index is 12.4. The highest BCUT2D eigenvalue weighted by molar-refractivity contribution is 5.80. The van der Waals surface area contributed by atoms with Crippen molar-refractivity contribution in [3.8, 4) is 0 Å². The van der Waals surface area contributed by atoms with Gasteiger partial charge in [-0.3, -0.25) is 4.79 Å². The van der Waals surface area contributed by atoms with Crippen LogP contribution in [0, 0.1) is 40.4 Å². The molecule has 4 aliphatic carbocycles. The van der Waals surface area contributed by atoms with Gasteiger partial charge in [0.05, 0.1) is 6.10 Å². The Bertz CT molecular complexity index is 620. The quantitative estimate of drug-likeness (QED) is 0.668. The van der Waals surface area contributed by atoms with E-state index in [4.69, 9.17) is 0 Å². The third-order valence-corrected chi connectivity index (χ3v) is 9.22. The molecular formula is C23H36O2. The number of carbonyl (C=O) groups excluding carboxylic acids is 1. The molecule has 2 nitrogen and oxygen atoms in total. The Kier molecular flexibility index (Phi) is 4.04. The summed E-state index contributed by atoms with van der Waals surface area (Å²) in [5.41, 5.74) is 3.66. The topological polar surface area (TPSA) is 37.3 Å². The van der Waals surface area contributed by atoms with Gasteiger partial charge < -0.3 is 5.11 Å². The Morgan fingerprint density at radius 2 is 1.84 bits per heavy atom. The van der Waals surface area contributed by atoms with Crippen LogP contribution >= 0.6 is 0 Å². The fraction of sp³-hybridized carbons (Fsp3) is 0.870. The molecule has 1 unspecified atom stereocenters. The Balaban J connectivity index is 1.73. The minimum atomic E-state index is -0.128. The minimum absolute atomic E-state index is 0.128. The molecule has 0 spiro atoms. The van der Waals surface area contributed by atoms with E-state index in [0.717, 1.165) is 31.1 Å². The van der Waals surface area contributed by atoms with Gasteiger partial charge in [0.1, 0.15) is 5.78 Å². The average molecular weight is 345 g/mol. The molecule has 25 heavy (non-hydrogen) atoms. The molecule has 0 amide bonds. The molecule has 8 atom stereocenters. The largest absolute Gasteiger partial charge is 0.393 e. The van der Waals surface area contributed by atoms with E-state index in [1.165, 1.54) is 25.7 Å². The Morgan fingerprint density at radius 1 is 1.12 bits per heavy atom. The summed E-state index contributed by atoms with van der Waals surface area (Å²) >= 11 is 0. The highest BCUT2D eigenvalue weighted by Gasteiger charge is 2.61. The van der Waals surface area contributed by atoms with Crippen LogP contribution in [0.25, 0.3) is 0 Å². The normalized spacial score (nSPS) is 52.4. The molecule has 0 aliphatic heterocycles. The van der Waals surface area contributed by atoms with E-state index >= 15 is 0 Å². The van der Waals surface area contributed by atoms with Crippen molar-refractivity contribution in [2.75, 3.05) is 0 Å². The van der Waals surface area contributed by atoms with E-state index in [0.29, 0.717) is 23.0 Å². The second-order valence-corrected chi connectivity index (χ2v) is 10.5. The molecule has 0 aromatic heterocycles. The number of hydrogen-bond acceptors (Lipinski definition) is 2. The van der Waals surface area contributed by atoms with Crippen LogP contribution in [0.3, 0.4) is 0 Å². The van der Waals surface area contributed by atoms with Crippen molar-refractivity contribution in [3.05, 3.63) is 11.1 Å². The molecule has 140 valence electrons. The Hall–Kier alpha value is -0.630. The molecule has 4 rings (SSSR count). The Labute approximate surface area is 153 Å². The van der Waals surface area contributed by atoms with Gasteiger partial charge in [-0.05, 0) is 93.3 Å². The molecule has 0 bridgehead atoms. The summed E-state index contributed by atoms with van der Waals surface area (Å²) in [6.07, 6.45) is 7.83. The summed E-state index contributed by atoms with van der Waals surface area (Å²) in [5, 5.41) is 10.2. The maximum absolute atomic E-state index is 12.4. The molecule has 1 N–H and O–H groups in total. The molecule has 0 heterocycles. The molecule has 0 saturated heterocycles. The van der Waals surface area contributed by atoms with E-state index in [-0.39, 0.29) is 17.4 Å². The van der Waals surface area contributed by atoms with Crippen LogP contribution in [-0.2, 0) is 4.79 Å². The molecule has 3 saturated carbocycles. The van der Waals surface area contributed by atoms with Crippen LogP contribution in [-0.4, -0.2) is 17.0 Å². The SMILES string of the molecule is CC(=O)[C@H]1[C@@H](C)C[C@H]2[C@@H]3CC(C)=C4CC(O)CC[C@]4(C)[C@H]3CC[C@@]21C. The van der Waals surface area contributed by atoms with Crippen LogP contribution in [0.2, 0.25) is 0 Å². The first kappa shape index (κ1) is 17.8. The summed E-state index contributed by atoms with van der Waals surface area (Å²) in [4.78, 5) is 12.4. The predicted molar refractivity (Wildman–Crippen MR) is 101 cm³/mol. The lowest BCUT2D eigenvalue weighted by Gasteiger charge is -2.58. The number of carbonyl (C=O) groups is 1. The van der Waals surface area contributed by atoms with Crippen molar-refractivity contribution < 1.29 is 9.90 Å². The average Bonchev–Trinajstić information content (AvgIpc) is 2.80. The lowest BCUT2D eigenvalue weighted by atomic mass is 9.46. The van der Waals surface area contributed by atoms with Crippen molar-refractivity contribution in [3.63, 3.8) is 0 Å². The van der Waals surface area contributed by atoms with Crippen molar-refractivity contribution in [2.24, 2.45) is 40.4 Å². The van der Waals surface area contributed by atoms with E-state index in [1.807, 2.05) is 6.92 Å². The van der Waals surface area contributed by atoms with Crippen molar-refractivity contribution >= 4 is 5.78 Å². The van der Waals surface area contributed by atoms with Gasteiger partial charge in [-0.25, -0.2) is 0 Å². The van der Waals surface area contributed by atoms with E-state index < -0.39 is 0 Å². The second-order valence-electron chi connectivity index (χ2n) is 10.5. The zero-order chi connectivity index (χ0) is 18.1. The minimum Gasteiger partial charge on any atom is -0.393 e. The van der Waals surface area contributed by atoms with Crippen LogP contribution in [0.5, 0.6) is 0 Å². The number of ketones is 1. The zero-order valence-electron chi connectivity index (χ0n) is 16.8. The number of aliphatic hydroxyl groups excluding tert-OH is 1. The second kappa shape index (κ2) is 5.68. The standard InChI is InChI=1S/C23H36O2/c1-13-10-17-18(22(4)8-6-16(25)12-19(13)22)7-9-23(5)20(17)11-14(2)21(23)15(3)24/h14,16-18,20-21,25H,6-12H2,1-5H3/t14-,16?,17+,18-,20-,21+,22+,23-/m0/s1. The van der Waals surface area contributed by atoms with Crippen molar-refractivity contribution in [2.45, 2.75) is 85.7 Å². The van der Waals surface area contributed by atoms with E-state index in [9.17, 15) is 9.90 Å². The molecule has 3 fully saturated rings. The molecular weight excluding hydrogens is 308 g/mol. The monoisotopic (exact) mass is 344 g/mol. The van der Waals surface area contributed by atoms with Crippen molar-refractivity contribution in [1.82, 2.24) is 0 Å².